The molecule has 34 heavy (non-hydrogen) atoms. The highest BCUT2D eigenvalue weighted by molar-refractivity contribution is 7.98. The third-order valence-electron chi connectivity index (χ3n) is 5.84. The van der Waals surface area contributed by atoms with Gasteiger partial charge < -0.3 is 9.64 Å². The lowest BCUT2D eigenvalue weighted by atomic mass is 10.1. The number of sulfonamides is 1. The molecule has 178 valence electrons. The normalized spacial score (nSPS) is 15.1. The second-order valence-corrected chi connectivity index (χ2v) is 10.8. The number of carbonyl (C=O) groups is 1. The van der Waals surface area contributed by atoms with Gasteiger partial charge in [-0.2, -0.15) is 0 Å². The first-order valence-corrected chi connectivity index (χ1v) is 13.8. The number of nitrogens with zero attached hydrogens (tertiary/aromatic N) is 2. The predicted molar refractivity (Wildman–Crippen MR) is 137 cm³/mol. The third kappa shape index (κ3) is 4.79. The van der Waals surface area contributed by atoms with E-state index in [0.29, 0.717) is 18.0 Å². The molecule has 6 nitrogen and oxygen atoms in total. The number of ether oxygens (including phenoxy) is 1. The molecule has 0 N–H and O–H groups in total. The Hall–Kier alpha value is -2.97. The molecule has 1 atom stereocenters. The summed E-state index contributed by atoms with van der Waals surface area (Å²) in [6, 6.07) is 21.2. The molecule has 0 radical (unpaired) electrons. The highest BCUT2D eigenvalue weighted by Gasteiger charge is 2.34. The number of carbonyl (C=O) groups excluding carboxylic acids is 1. The van der Waals surface area contributed by atoms with Gasteiger partial charge in [0.1, 0.15) is 12.3 Å². The van der Waals surface area contributed by atoms with E-state index < -0.39 is 10.0 Å². The number of rotatable bonds is 8. The van der Waals surface area contributed by atoms with Crippen molar-refractivity contribution in [2.75, 3.05) is 28.6 Å². The van der Waals surface area contributed by atoms with Crippen molar-refractivity contribution in [3.05, 3.63) is 78.4 Å². The van der Waals surface area contributed by atoms with E-state index in [1.807, 2.05) is 44.4 Å². The molecule has 0 fully saturated rings. The van der Waals surface area contributed by atoms with Gasteiger partial charge in [-0.3, -0.25) is 9.10 Å². The van der Waals surface area contributed by atoms with Gasteiger partial charge in [0, 0.05) is 16.6 Å². The van der Waals surface area contributed by atoms with E-state index in [2.05, 4.69) is 0 Å². The summed E-state index contributed by atoms with van der Waals surface area (Å²) in [5, 5.41) is 0. The van der Waals surface area contributed by atoms with Crippen molar-refractivity contribution in [2.24, 2.45) is 0 Å². The lowest BCUT2D eigenvalue weighted by Crippen LogP contribution is -2.45. The third-order valence-corrected chi connectivity index (χ3v) is 8.37. The van der Waals surface area contributed by atoms with Gasteiger partial charge >= 0.3 is 0 Å². The molecule has 0 spiro atoms. The second kappa shape index (κ2) is 10.1. The van der Waals surface area contributed by atoms with Crippen molar-refractivity contribution in [1.29, 1.82) is 0 Å². The van der Waals surface area contributed by atoms with Crippen LogP contribution in [0.5, 0.6) is 5.75 Å². The van der Waals surface area contributed by atoms with Crippen LogP contribution in [0.4, 0.5) is 11.4 Å². The van der Waals surface area contributed by atoms with Crippen LogP contribution < -0.4 is 13.9 Å². The van der Waals surface area contributed by atoms with Gasteiger partial charge in [-0.1, -0.05) is 18.2 Å². The van der Waals surface area contributed by atoms with Crippen molar-refractivity contribution in [3.8, 4) is 5.75 Å². The average molecular weight is 497 g/mol. The largest absolute Gasteiger partial charge is 0.494 e. The molecule has 1 aliphatic heterocycles. The predicted octanol–water partition coefficient (Wildman–Crippen LogP) is 4.98. The maximum Gasteiger partial charge on any atom is 0.264 e. The lowest BCUT2D eigenvalue weighted by Gasteiger charge is -2.29. The highest BCUT2D eigenvalue weighted by atomic mass is 32.2. The number of benzene rings is 3. The van der Waals surface area contributed by atoms with Crippen LogP contribution in [0.1, 0.15) is 19.4 Å². The Morgan fingerprint density at radius 2 is 1.74 bits per heavy atom. The number of amides is 1. The molecule has 0 aliphatic carbocycles. The summed E-state index contributed by atoms with van der Waals surface area (Å²) in [6.45, 7) is 4.07. The lowest BCUT2D eigenvalue weighted by molar-refractivity contribution is -0.117. The molecule has 1 aliphatic rings. The topological polar surface area (TPSA) is 66.9 Å². The maximum absolute atomic E-state index is 13.7. The summed E-state index contributed by atoms with van der Waals surface area (Å²) in [4.78, 5) is 16.4. The fourth-order valence-corrected chi connectivity index (χ4v) is 6.03. The first-order valence-electron chi connectivity index (χ1n) is 11.1. The summed E-state index contributed by atoms with van der Waals surface area (Å²) in [5.74, 6) is 0.372. The van der Waals surface area contributed by atoms with Crippen LogP contribution in [0.3, 0.4) is 0 Å². The summed E-state index contributed by atoms with van der Waals surface area (Å²) in [7, 11) is -3.99. The molecule has 0 saturated carbocycles. The Labute approximate surface area is 205 Å². The number of hydrogen-bond acceptors (Lipinski definition) is 5. The molecule has 0 unspecified atom stereocenters. The number of para-hydroxylation sites is 1. The molecule has 1 heterocycles. The zero-order chi connectivity index (χ0) is 24.3. The van der Waals surface area contributed by atoms with Gasteiger partial charge in [0.25, 0.3) is 10.0 Å². The highest BCUT2D eigenvalue weighted by Crippen LogP contribution is 2.33. The van der Waals surface area contributed by atoms with Crippen molar-refractivity contribution in [3.63, 3.8) is 0 Å². The molecule has 0 saturated heterocycles. The Morgan fingerprint density at radius 1 is 1.06 bits per heavy atom. The fourth-order valence-electron chi connectivity index (χ4n) is 4.21. The minimum absolute atomic E-state index is 0.0457. The Morgan fingerprint density at radius 3 is 2.38 bits per heavy atom. The molecule has 3 aromatic rings. The van der Waals surface area contributed by atoms with E-state index in [9.17, 15) is 13.2 Å². The van der Waals surface area contributed by atoms with Gasteiger partial charge in [-0.05, 0) is 86.7 Å². The SMILES string of the molecule is CCOc1ccc(N(CC(=O)N2c3ccccc3C[C@@H]2C)S(=O)(=O)c2ccc(SC)cc2)cc1. The molecule has 0 bridgehead atoms. The van der Waals surface area contributed by atoms with Crippen LogP contribution in [0.25, 0.3) is 0 Å². The van der Waals surface area contributed by atoms with Gasteiger partial charge in [-0.25, -0.2) is 8.42 Å². The molecule has 8 heteroatoms. The van der Waals surface area contributed by atoms with Crippen LogP contribution in [0.2, 0.25) is 0 Å². The van der Waals surface area contributed by atoms with Gasteiger partial charge in [-0.15, -0.1) is 11.8 Å². The van der Waals surface area contributed by atoms with E-state index in [-0.39, 0.29) is 23.4 Å². The average Bonchev–Trinajstić information content (AvgIpc) is 3.19. The Bertz CT molecular complexity index is 1260. The van der Waals surface area contributed by atoms with Crippen molar-refractivity contribution in [2.45, 2.75) is 36.1 Å². The summed E-state index contributed by atoms with van der Waals surface area (Å²) >= 11 is 1.54. The molecular formula is C26H28N2O4S2. The number of anilines is 2. The molecule has 1 amide bonds. The Kier molecular flexibility index (Phi) is 7.19. The van der Waals surface area contributed by atoms with E-state index in [1.165, 1.54) is 16.1 Å². The second-order valence-electron chi connectivity index (χ2n) is 8.06. The maximum atomic E-state index is 13.7. The van der Waals surface area contributed by atoms with E-state index >= 15 is 0 Å². The monoisotopic (exact) mass is 496 g/mol. The van der Waals surface area contributed by atoms with Crippen LogP contribution >= 0.6 is 11.8 Å². The number of thioether (sulfide) groups is 1. The standard InChI is InChI=1S/C26H28N2O4S2/c1-4-32-22-11-9-21(10-12-22)27(34(30,31)24-15-13-23(33-3)14-16-24)18-26(29)28-19(2)17-20-7-5-6-8-25(20)28/h5-16,19H,4,17-18H2,1-3H3/t19-/m0/s1. The number of hydrogen-bond donors (Lipinski definition) is 0. The van der Waals surface area contributed by atoms with E-state index in [1.54, 1.807) is 53.4 Å². The molecule has 0 aromatic heterocycles. The molecule has 4 rings (SSSR count). The zero-order valence-corrected chi connectivity index (χ0v) is 21.1. The van der Waals surface area contributed by atoms with Crippen LogP contribution in [-0.4, -0.2) is 39.8 Å². The zero-order valence-electron chi connectivity index (χ0n) is 19.5. The minimum atomic E-state index is -3.99. The van der Waals surface area contributed by atoms with Gasteiger partial charge in [0.2, 0.25) is 5.91 Å². The van der Waals surface area contributed by atoms with Crippen molar-refractivity contribution >= 4 is 39.1 Å². The van der Waals surface area contributed by atoms with E-state index in [0.717, 1.165) is 22.6 Å². The van der Waals surface area contributed by atoms with E-state index in [4.69, 9.17) is 4.74 Å². The van der Waals surface area contributed by atoms with Gasteiger partial charge in [0.15, 0.2) is 0 Å². The smallest absolute Gasteiger partial charge is 0.264 e. The summed E-state index contributed by atoms with van der Waals surface area (Å²) in [6.07, 6.45) is 2.68. The molecule has 3 aromatic carbocycles. The summed E-state index contributed by atoms with van der Waals surface area (Å²) in [5.41, 5.74) is 2.34. The Balaban J connectivity index is 1.71. The van der Waals surface area contributed by atoms with Crippen LogP contribution in [0, 0.1) is 0 Å². The van der Waals surface area contributed by atoms with Crippen LogP contribution in [0.15, 0.2) is 82.6 Å². The van der Waals surface area contributed by atoms with Crippen molar-refractivity contribution in [1.82, 2.24) is 0 Å². The molecular weight excluding hydrogens is 468 g/mol. The fraction of sp³-hybridized carbons (Fsp3) is 0.269. The van der Waals surface area contributed by atoms with Crippen molar-refractivity contribution < 1.29 is 17.9 Å². The summed E-state index contributed by atoms with van der Waals surface area (Å²) < 4.78 is 34.2. The minimum Gasteiger partial charge on any atom is -0.494 e. The van der Waals surface area contributed by atoms with Crippen LogP contribution in [-0.2, 0) is 21.2 Å². The quantitative estimate of drug-likeness (QED) is 0.412. The first kappa shape index (κ1) is 24.2. The number of fused-ring (bicyclic) bond motifs is 1. The first-order chi connectivity index (χ1) is 16.3. The van der Waals surface area contributed by atoms with Gasteiger partial charge in [0.05, 0.1) is 17.2 Å².